The Morgan fingerprint density at radius 2 is 1.73 bits per heavy atom. The van der Waals surface area contributed by atoms with Gasteiger partial charge in [0.1, 0.15) is 6.54 Å². The van der Waals surface area contributed by atoms with Gasteiger partial charge in [0.15, 0.2) is 0 Å². The molecule has 30 heavy (non-hydrogen) atoms. The van der Waals surface area contributed by atoms with Crippen LogP contribution in [0.2, 0.25) is 0 Å². The highest BCUT2D eigenvalue weighted by molar-refractivity contribution is 5.98. The van der Waals surface area contributed by atoms with Crippen LogP contribution in [0.5, 0.6) is 0 Å². The second kappa shape index (κ2) is 8.79. The second-order valence-electron chi connectivity index (χ2n) is 8.13. The third-order valence-corrected chi connectivity index (χ3v) is 6.17. The van der Waals surface area contributed by atoms with Gasteiger partial charge in [-0.25, -0.2) is 9.97 Å². The fourth-order valence-corrected chi connectivity index (χ4v) is 4.51. The number of carbonyl (C=O) groups excluding carboxylic acids is 1. The van der Waals surface area contributed by atoms with E-state index in [4.69, 9.17) is 0 Å². The number of Topliss-reactive ketones (excluding diaryl/α,β-unsaturated/α-hetero) is 1. The van der Waals surface area contributed by atoms with E-state index in [2.05, 4.69) is 70.5 Å². The molecule has 0 unspecified atom stereocenters. The first-order valence-electron chi connectivity index (χ1n) is 10.7. The lowest BCUT2D eigenvalue weighted by atomic mass is 10.1. The number of benzene rings is 1. The van der Waals surface area contributed by atoms with E-state index in [1.165, 1.54) is 10.5 Å². The van der Waals surface area contributed by atoms with Gasteiger partial charge >= 0.3 is 0 Å². The van der Waals surface area contributed by atoms with Gasteiger partial charge in [-0.15, -0.1) is 0 Å². The molecule has 1 atom stereocenters. The number of anilines is 1. The smallest absolute Gasteiger partial charge is 0.225 e. The van der Waals surface area contributed by atoms with Crippen LogP contribution < -0.4 is 9.80 Å². The minimum Gasteiger partial charge on any atom is -0.341 e. The zero-order valence-electron chi connectivity index (χ0n) is 18.0. The number of hydrogen-bond acceptors (Lipinski definition) is 4. The summed E-state index contributed by atoms with van der Waals surface area (Å²) in [5.41, 5.74) is 4.30. The Labute approximate surface area is 178 Å². The highest BCUT2D eigenvalue weighted by Crippen LogP contribution is 2.25. The molecule has 0 amide bonds. The molecular weight excluding hydrogens is 374 g/mol. The van der Waals surface area contributed by atoms with Gasteiger partial charge in [-0.1, -0.05) is 30.3 Å². The Morgan fingerprint density at radius 1 is 1.07 bits per heavy atom. The van der Waals surface area contributed by atoms with Gasteiger partial charge in [-0.05, 0) is 38.5 Å². The summed E-state index contributed by atoms with van der Waals surface area (Å²) >= 11 is 0. The van der Waals surface area contributed by atoms with E-state index in [0.29, 0.717) is 6.54 Å². The summed E-state index contributed by atoms with van der Waals surface area (Å²) in [5, 5.41) is 0. The van der Waals surface area contributed by atoms with E-state index in [1.807, 2.05) is 12.1 Å². The first-order chi connectivity index (χ1) is 14.5. The molecular formula is C24H30N5O+. The molecule has 6 nitrogen and oxygen atoms in total. The molecule has 0 bridgehead atoms. The average molecular weight is 405 g/mol. The third kappa shape index (κ3) is 4.14. The molecule has 3 heterocycles. The Bertz CT molecular complexity index is 991. The maximum absolute atomic E-state index is 13.1. The number of nitrogens with zero attached hydrogens (tertiary/aromatic N) is 4. The second-order valence-corrected chi connectivity index (χ2v) is 8.13. The number of carbonyl (C=O) groups is 1. The first-order valence-corrected chi connectivity index (χ1v) is 10.7. The molecule has 2 aromatic heterocycles. The van der Waals surface area contributed by atoms with Gasteiger partial charge in [0, 0.05) is 29.3 Å². The Hall–Kier alpha value is -2.99. The molecule has 1 aromatic carbocycles. The molecule has 3 aromatic rings. The van der Waals surface area contributed by atoms with Gasteiger partial charge in [0.25, 0.3) is 0 Å². The summed E-state index contributed by atoms with van der Waals surface area (Å²) in [6.45, 7) is 10.5. The zero-order valence-corrected chi connectivity index (χ0v) is 18.0. The predicted molar refractivity (Wildman–Crippen MR) is 118 cm³/mol. The Morgan fingerprint density at radius 3 is 2.40 bits per heavy atom. The van der Waals surface area contributed by atoms with Crippen molar-refractivity contribution in [1.29, 1.82) is 0 Å². The molecule has 1 aliphatic rings. The summed E-state index contributed by atoms with van der Waals surface area (Å²) in [4.78, 5) is 25.3. The fourth-order valence-electron chi connectivity index (χ4n) is 4.51. The van der Waals surface area contributed by atoms with E-state index in [-0.39, 0.29) is 11.8 Å². The van der Waals surface area contributed by atoms with Crippen LogP contribution in [0.3, 0.4) is 0 Å². The summed E-state index contributed by atoms with van der Waals surface area (Å²) in [5.74, 6) is 1.01. The maximum atomic E-state index is 13.1. The van der Waals surface area contributed by atoms with Crippen molar-refractivity contribution >= 4 is 11.7 Å². The minimum atomic E-state index is 0.203. The van der Waals surface area contributed by atoms with Gasteiger partial charge in [-0.2, -0.15) is 0 Å². The lowest BCUT2D eigenvalue weighted by Crippen LogP contribution is -3.15. The van der Waals surface area contributed by atoms with E-state index in [1.54, 1.807) is 12.4 Å². The van der Waals surface area contributed by atoms with E-state index >= 15 is 0 Å². The summed E-state index contributed by atoms with van der Waals surface area (Å²) in [7, 11) is 0. The highest BCUT2D eigenvalue weighted by atomic mass is 16.1. The molecule has 1 saturated heterocycles. The highest BCUT2D eigenvalue weighted by Gasteiger charge is 2.26. The van der Waals surface area contributed by atoms with Crippen LogP contribution in [0.25, 0.3) is 0 Å². The van der Waals surface area contributed by atoms with Crippen molar-refractivity contribution in [3.63, 3.8) is 0 Å². The van der Waals surface area contributed by atoms with Crippen LogP contribution in [0.4, 0.5) is 5.95 Å². The lowest BCUT2D eigenvalue weighted by molar-refractivity contribution is -0.892. The van der Waals surface area contributed by atoms with Crippen molar-refractivity contribution in [3.8, 4) is 0 Å². The van der Waals surface area contributed by atoms with Crippen LogP contribution in [-0.2, 0) is 0 Å². The van der Waals surface area contributed by atoms with Crippen molar-refractivity contribution < 1.29 is 9.69 Å². The van der Waals surface area contributed by atoms with E-state index in [9.17, 15) is 4.79 Å². The molecule has 0 radical (unpaired) electrons. The first kappa shape index (κ1) is 20.3. The van der Waals surface area contributed by atoms with Crippen molar-refractivity contribution in [2.24, 2.45) is 0 Å². The number of rotatable bonds is 6. The monoisotopic (exact) mass is 404 g/mol. The largest absolute Gasteiger partial charge is 0.341 e. The van der Waals surface area contributed by atoms with Crippen molar-refractivity contribution in [2.75, 3.05) is 37.6 Å². The number of aryl methyl sites for hydroxylation is 1. The summed E-state index contributed by atoms with van der Waals surface area (Å²) < 4.78 is 2.28. The van der Waals surface area contributed by atoms with Gasteiger partial charge < -0.3 is 14.4 Å². The van der Waals surface area contributed by atoms with Crippen molar-refractivity contribution in [1.82, 2.24) is 14.5 Å². The molecule has 4 rings (SSSR count). The molecule has 6 heteroatoms. The number of nitrogens with one attached hydrogen (secondary N) is 1. The standard InChI is InChI=1S/C24H29N5O/c1-18-16-22(20(3)29(18)19(2)21-8-5-4-6-9-21)23(30)17-27-12-14-28(15-13-27)24-25-10-7-11-26-24/h4-11,16,19H,12-15,17H2,1-3H3/p+1/t19-/m1/s1. The van der Waals surface area contributed by atoms with Gasteiger partial charge in [0.05, 0.1) is 32.2 Å². The average Bonchev–Trinajstić information content (AvgIpc) is 3.09. The molecule has 156 valence electrons. The summed E-state index contributed by atoms with van der Waals surface area (Å²) in [6.07, 6.45) is 3.55. The van der Waals surface area contributed by atoms with Crippen LogP contribution in [0, 0.1) is 13.8 Å². The van der Waals surface area contributed by atoms with Crippen LogP contribution in [0.1, 0.15) is 40.3 Å². The number of hydrogen-bond donors (Lipinski definition) is 1. The van der Waals surface area contributed by atoms with Gasteiger partial charge in [-0.3, -0.25) is 4.79 Å². The van der Waals surface area contributed by atoms with Crippen LogP contribution in [-0.4, -0.2) is 53.0 Å². The van der Waals surface area contributed by atoms with Crippen molar-refractivity contribution in [2.45, 2.75) is 26.8 Å². The number of piperazine rings is 1. The number of aromatic nitrogens is 3. The third-order valence-electron chi connectivity index (χ3n) is 6.17. The lowest BCUT2D eigenvalue weighted by Gasteiger charge is -2.31. The zero-order chi connectivity index (χ0) is 21.1. The predicted octanol–water partition coefficient (Wildman–Crippen LogP) is 2.09. The maximum Gasteiger partial charge on any atom is 0.225 e. The number of ketones is 1. The molecule has 1 fully saturated rings. The van der Waals surface area contributed by atoms with Crippen LogP contribution >= 0.6 is 0 Å². The molecule has 0 aliphatic carbocycles. The quantitative estimate of drug-likeness (QED) is 0.640. The SMILES string of the molecule is Cc1cc(C(=O)C[NH+]2CCN(c3ncccn3)CC2)c(C)n1[C@H](C)c1ccccc1. The van der Waals surface area contributed by atoms with E-state index < -0.39 is 0 Å². The fraction of sp³-hybridized carbons (Fsp3) is 0.375. The Balaban J connectivity index is 1.42. The van der Waals surface area contributed by atoms with E-state index in [0.717, 1.165) is 49.1 Å². The number of quaternary nitrogens is 1. The normalized spacial score (nSPS) is 15.9. The van der Waals surface area contributed by atoms with Crippen LogP contribution in [0.15, 0.2) is 54.9 Å². The van der Waals surface area contributed by atoms with Crippen molar-refractivity contribution in [3.05, 3.63) is 77.4 Å². The minimum absolute atomic E-state index is 0.203. The molecule has 0 spiro atoms. The molecule has 0 saturated carbocycles. The topological polar surface area (TPSA) is 55.5 Å². The molecule has 1 aliphatic heterocycles. The van der Waals surface area contributed by atoms with Gasteiger partial charge in [0.2, 0.25) is 11.7 Å². The Kier molecular flexibility index (Phi) is 5.95. The molecule has 1 N–H and O–H groups in total. The summed E-state index contributed by atoms with van der Waals surface area (Å²) in [6, 6.07) is 14.5.